The SMILES string of the molecule is Cc1nc(C2N(C=O)CCC2(F)F)ncc1N1CCN(c2ncccc2C(F)(F)F)CC1. The smallest absolute Gasteiger partial charge is 0.365 e. The Bertz CT molecular complexity index is 993. The van der Waals surface area contributed by atoms with Crippen LogP contribution >= 0.6 is 0 Å². The number of halogens is 5. The van der Waals surface area contributed by atoms with Crippen molar-refractivity contribution in [3.8, 4) is 0 Å². The minimum atomic E-state index is -4.50. The molecule has 2 aliphatic heterocycles. The molecule has 2 saturated heterocycles. The van der Waals surface area contributed by atoms with Crippen molar-refractivity contribution < 1.29 is 26.7 Å². The number of hydrogen-bond donors (Lipinski definition) is 0. The summed E-state index contributed by atoms with van der Waals surface area (Å²) < 4.78 is 68.4. The molecule has 7 nitrogen and oxygen atoms in total. The second kappa shape index (κ2) is 8.14. The molecule has 0 spiro atoms. The maximum atomic E-state index is 14.3. The van der Waals surface area contributed by atoms with E-state index in [1.54, 1.807) is 11.8 Å². The Morgan fingerprint density at radius 2 is 1.78 bits per heavy atom. The number of aromatic nitrogens is 3. The first-order valence-corrected chi connectivity index (χ1v) is 10.1. The number of nitrogens with zero attached hydrogens (tertiary/aromatic N) is 6. The van der Waals surface area contributed by atoms with Gasteiger partial charge in [0.1, 0.15) is 5.82 Å². The van der Waals surface area contributed by atoms with E-state index in [1.165, 1.54) is 18.5 Å². The van der Waals surface area contributed by atoms with E-state index in [0.29, 0.717) is 44.0 Å². The summed E-state index contributed by atoms with van der Waals surface area (Å²) >= 11 is 0. The predicted molar refractivity (Wildman–Crippen MR) is 106 cm³/mol. The van der Waals surface area contributed by atoms with Crippen LogP contribution in [0.5, 0.6) is 0 Å². The highest BCUT2D eigenvalue weighted by Crippen LogP contribution is 2.43. The van der Waals surface area contributed by atoms with Gasteiger partial charge in [-0.25, -0.2) is 23.7 Å². The number of amides is 1. The molecule has 1 unspecified atom stereocenters. The minimum Gasteiger partial charge on any atom is -0.365 e. The van der Waals surface area contributed by atoms with Gasteiger partial charge in [-0.1, -0.05) is 0 Å². The molecular weight excluding hydrogens is 435 g/mol. The largest absolute Gasteiger partial charge is 0.419 e. The third-order valence-electron chi connectivity index (χ3n) is 5.80. The molecule has 12 heteroatoms. The average Bonchev–Trinajstić information content (AvgIpc) is 3.07. The highest BCUT2D eigenvalue weighted by molar-refractivity contribution is 5.54. The molecule has 2 aromatic rings. The van der Waals surface area contributed by atoms with Crippen molar-refractivity contribution in [1.29, 1.82) is 0 Å². The fourth-order valence-electron chi connectivity index (χ4n) is 4.19. The summed E-state index contributed by atoms with van der Waals surface area (Å²) in [5.74, 6) is -3.34. The van der Waals surface area contributed by atoms with Gasteiger partial charge in [0, 0.05) is 45.3 Å². The monoisotopic (exact) mass is 456 g/mol. The number of hydrogen-bond acceptors (Lipinski definition) is 6. The topological polar surface area (TPSA) is 65.5 Å². The zero-order valence-electron chi connectivity index (χ0n) is 17.2. The Balaban J connectivity index is 1.50. The fourth-order valence-corrected chi connectivity index (χ4v) is 4.19. The number of likely N-dealkylation sites (tertiary alicyclic amines) is 1. The molecule has 2 fully saturated rings. The summed E-state index contributed by atoms with van der Waals surface area (Å²) in [7, 11) is 0. The van der Waals surface area contributed by atoms with Crippen LogP contribution in [0.15, 0.2) is 24.5 Å². The number of pyridine rings is 1. The first-order valence-electron chi connectivity index (χ1n) is 10.1. The van der Waals surface area contributed by atoms with Crippen molar-refractivity contribution in [2.75, 3.05) is 42.5 Å². The van der Waals surface area contributed by atoms with Crippen LogP contribution in [0, 0.1) is 6.92 Å². The number of piperazine rings is 1. The molecule has 172 valence electrons. The summed E-state index contributed by atoms with van der Waals surface area (Å²) in [6.45, 7) is 2.95. The number of anilines is 2. The number of rotatable bonds is 4. The summed E-state index contributed by atoms with van der Waals surface area (Å²) in [6.07, 6.45) is -1.80. The van der Waals surface area contributed by atoms with Gasteiger partial charge >= 0.3 is 6.18 Å². The van der Waals surface area contributed by atoms with E-state index in [2.05, 4.69) is 15.0 Å². The lowest BCUT2D eigenvalue weighted by Crippen LogP contribution is -2.47. The van der Waals surface area contributed by atoms with Crippen molar-refractivity contribution in [2.45, 2.75) is 31.5 Å². The van der Waals surface area contributed by atoms with Crippen molar-refractivity contribution in [2.24, 2.45) is 0 Å². The van der Waals surface area contributed by atoms with Crippen LogP contribution < -0.4 is 9.80 Å². The number of carbonyl (C=O) groups excluding carboxylic acids is 1. The third kappa shape index (κ3) is 4.05. The number of carbonyl (C=O) groups is 1. The van der Waals surface area contributed by atoms with E-state index < -0.39 is 30.1 Å². The third-order valence-corrected chi connectivity index (χ3v) is 5.80. The van der Waals surface area contributed by atoms with Crippen molar-refractivity contribution in [3.05, 3.63) is 41.6 Å². The summed E-state index contributed by atoms with van der Waals surface area (Å²) in [5.41, 5.74) is 0.296. The van der Waals surface area contributed by atoms with Gasteiger partial charge in [-0.2, -0.15) is 13.2 Å². The van der Waals surface area contributed by atoms with Crippen LogP contribution in [-0.4, -0.2) is 64.9 Å². The fraction of sp³-hybridized carbons (Fsp3) is 0.500. The van der Waals surface area contributed by atoms with E-state index in [-0.39, 0.29) is 18.2 Å². The molecule has 32 heavy (non-hydrogen) atoms. The highest BCUT2D eigenvalue weighted by atomic mass is 19.4. The van der Waals surface area contributed by atoms with Crippen LogP contribution in [0.3, 0.4) is 0 Å². The first-order chi connectivity index (χ1) is 15.1. The summed E-state index contributed by atoms with van der Waals surface area (Å²) in [6, 6.07) is 0.756. The second-order valence-electron chi connectivity index (χ2n) is 7.80. The average molecular weight is 456 g/mol. The molecule has 0 N–H and O–H groups in total. The van der Waals surface area contributed by atoms with Gasteiger partial charge in [-0.15, -0.1) is 0 Å². The molecule has 4 rings (SSSR count). The standard InChI is InChI=1S/C20H21F5N6O/c1-13-15(11-27-17(28-13)16-19(21,22)4-6-31(16)12-32)29-7-9-30(10-8-29)18-14(20(23,24)25)3-2-5-26-18/h2-3,5,11-12,16H,4,6-10H2,1H3. The molecule has 1 atom stereocenters. The van der Waals surface area contributed by atoms with Crippen LogP contribution in [0.4, 0.5) is 33.5 Å². The Labute approximate surface area is 180 Å². The Kier molecular flexibility index (Phi) is 5.63. The lowest BCUT2D eigenvalue weighted by Gasteiger charge is -2.37. The van der Waals surface area contributed by atoms with E-state index >= 15 is 0 Å². The first kappa shape index (κ1) is 22.2. The second-order valence-corrected chi connectivity index (χ2v) is 7.80. The van der Waals surface area contributed by atoms with Gasteiger partial charge in [-0.3, -0.25) is 4.79 Å². The van der Waals surface area contributed by atoms with E-state index in [9.17, 15) is 26.7 Å². The van der Waals surface area contributed by atoms with Gasteiger partial charge in [0.15, 0.2) is 11.9 Å². The molecule has 2 aliphatic rings. The molecular formula is C20H21F5N6O. The minimum absolute atomic E-state index is 0.0687. The molecule has 0 radical (unpaired) electrons. The maximum Gasteiger partial charge on any atom is 0.419 e. The molecule has 0 aromatic carbocycles. The Morgan fingerprint density at radius 1 is 1.09 bits per heavy atom. The summed E-state index contributed by atoms with van der Waals surface area (Å²) in [5, 5.41) is 0. The van der Waals surface area contributed by atoms with E-state index in [0.717, 1.165) is 11.0 Å². The molecule has 1 amide bonds. The van der Waals surface area contributed by atoms with Crippen molar-refractivity contribution in [1.82, 2.24) is 19.9 Å². The lowest BCUT2D eigenvalue weighted by atomic mass is 10.1. The molecule has 0 aliphatic carbocycles. The predicted octanol–water partition coefficient (Wildman–Crippen LogP) is 3.06. The van der Waals surface area contributed by atoms with Gasteiger partial charge in [0.05, 0.1) is 23.1 Å². The molecule has 0 saturated carbocycles. The number of alkyl halides is 5. The summed E-state index contributed by atoms with van der Waals surface area (Å²) in [4.78, 5) is 27.9. The lowest BCUT2D eigenvalue weighted by molar-refractivity contribution is -0.137. The molecule has 4 heterocycles. The van der Waals surface area contributed by atoms with Gasteiger partial charge in [0.2, 0.25) is 6.41 Å². The molecule has 2 aromatic heterocycles. The van der Waals surface area contributed by atoms with E-state index in [4.69, 9.17) is 0 Å². The van der Waals surface area contributed by atoms with Crippen LogP contribution in [0.25, 0.3) is 0 Å². The molecule has 0 bridgehead atoms. The van der Waals surface area contributed by atoms with Crippen LogP contribution in [0.2, 0.25) is 0 Å². The number of aryl methyl sites for hydroxylation is 1. The Hall–Kier alpha value is -3.05. The van der Waals surface area contributed by atoms with Crippen LogP contribution in [0.1, 0.15) is 29.5 Å². The zero-order valence-corrected chi connectivity index (χ0v) is 17.2. The van der Waals surface area contributed by atoms with Gasteiger partial charge < -0.3 is 14.7 Å². The van der Waals surface area contributed by atoms with Crippen molar-refractivity contribution in [3.63, 3.8) is 0 Å². The van der Waals surface area contributed by atoms with Gasteiger partial charge in [-0.05, 0) is 19.1 Å². The van der Waals surface area contributed by atoms with Gasteiger partial charge in [0.25, 0.3) is 5.92 Å². The Morgan fingerprint density at radius 3 is 2.41 bits per heavy atom. The quantitative estimate of drug-likeness (QED) is 0.521. The zero-order chi connectivity index (χ0) is 23.1. The highest BCUT2D eigenvalue weighted by Gasteiger charge is 2.51. The maximum absolute atomic E-state index is 14.3. The normalized spacial score (nSPS) is 21.2. The van der Waals surface area contributed by atoms with Crippen LogP contribution in [-0.2, 0) is 11.0 Å². The van der Waals surface area contributed by atoms with Crippen molar-refractivity contribution >= 4 is 17.9 Å². The van der Waals surface area contributed by atoms with E-state index in [1.807, 2.05) is 4.90 Å².